The molecule has 2 N–H and O–H groups in total. The Balaban J connectivity index is 2.26. The summed E-state index contributed by atoms with van der Waals surface area (Å²) in [5.41, 5.74) is 4.14. The van der Waals surface area contributed by atoms with Crippen LogP contribution in [-0.4, -0.2) is 17.2 Å². The van der Waals surface area contributed by atoms with Crippen molar-refractivity contribution in [2.75, 3.05) is 0 Å². The molecule has 0 aliphatic carbocycles. The Morgan fingerprint density at radius 1 is 1.53 bits per heavy atom. The van der Waals surface area contributed by atoms with E-state index >= 15 is 0 Å². The van der Waals surface area contributed by atoms with E-state index in [0.717, 1.165) is 10.0 Å². The number of nitrogens with one attached hydrogen (secondary N) is 1. The van der Waals surface area contributed by atoms with Gasteiger partial charge in [0.1, 0.15) is 0 Å². The summed E-state index contributed by atoms with van der Waals surface area (Å²) in [5.74, 6) is -1.01. The van der Waals surface area contributed by atoms with Gasteiger partial charge in [0, 0.05) is 10.0 Å². The predicted octanol–water partition coefficient (Wildman–Crippen LogP) is 1.78. The van der Waals surface area contributed by atoms with Gasteiger partial charge in [0.15, 0.2) is 0 Å². The van der Waals surface area contributed by atoms with Crippen molar-refractivity contribution in [3.05, 3.63) is 40.4 Å². The normalized spacial score (nSPS) is 19.5. The Morgan fingerprint density at radius 3 is 2.93 bits per heavy atom. The largest absolute Gasteiger partial charge is 0.479 e. The molecule has 0 saturated carbocycles. The van der Waals surface area contributed by atoms with E-state index in [1.807, 2.05) is 24.3 Å². The summed E-state index contributed by atoms with van der Waals surface area (Å²) in [5, 5.41) is 8.71. The first kappa shape index (κ1) is 10.2. The number of hydroxylamine groups is 1. The molecule has 0 saturated heterocycles. The van der Waals surface area contributed by atoms with Crippen molar-refractivity contribution in [1.82, 2.24) is 5.48 Å². The number of halogens is 1. The number of carboxylic acids is 1. The van der Waals surface area contributed by atoms with Crippen LogP contribution in [0.5, 0.6) is 0 Å². The van der Waals surface area contributed by atoms with Crippen molar-refractivity contribution in [2.45, 2.75) is 6.10 Å². The van der Waals surface area contributed by atoms with E-state index in [-0.39, 0.29) is 0 Å². The average molecular weight is 270 g/mol. The van der Waals surface area contributed by atoms with Gasteiger partial charge in [-0.25, -0.2) is 4.79 Å². The standard InChI is InChI=1S/C10H8BrNO3/c11-7-3-1-2-6(4-7)8-5-9(10(13)14)15-12-8/h1-5,9,12H,(H,13,14). The minimum absolute atomic E-state index is 0.670. The highest BCUT2D eigenvalue weighted by atomic mass is 79.9. The second-order valence-electron chi connectivity index (χ2n) is 3.07. The molecule has 0 amide bonds. The zero-order valence-corrected chi connectivity index (χ0v) is 9.19. The van der Waals surface area contributed by atoms with Crippen molar-refractivity contribution in [2.24, 2.45) is 0 Å². The fraction of sp³-hybridized carbons (Fsp3) is 0.100. The summed E-state index contributed by atoms with van der Waals surface area (Å²) >= 11 is 3.34. The summed E-state index contributed by atoms with van der Waals surface area (Å²) < 4.78 is 0.932. The Kier molecular flexibility index (Phi) is 2.75. The Morgan fingerprint density at radius 2 is 2.33 bits per heavy atom. The second kappa shape index (κ2) is 4.04. The minimum Gasteiger partial charge on any atom is -0.479 e. The van der Waals surface area contributed by atoms with Crippen LogP contribution in [0.4, 0.5) is 0 Å². The van der Waals surface area contributed by atoms with Crippen molar-refractivity contribution in [3.63, 3.8) is 0 Å². The van der Waals surface area contributed by atoms with Gasteiger partial charge < -0.3 is 5.11 Å². The quantitative estimate of drug-likeness (QED) is 0.860. The van der Waals surface area contributed by atoms with Gasteiger partial charge in [0.25, 0.3) is 0 Å². The highest BCUT2D eigenvalue weighted by Crippen LogP contribution is 2.21. The molecule has 4 nitrogen and oxygen atoms in total. The lowest BCUT2D eigenvalue weighted by atomic mass is 10.1. The number of hydrogen-bond acceptors (Lipinski definition) is 3. The molecule has 5 heteroatoms. The molecule has 1 aromatic rings. The van der Waals surface area contributed by atoms with E-state index in [1.165, 1.54) is 6.08 Å². The SMILES string of the molecule is O=C(O)C1C=C(c2cccc(Br)c2)NO1. The monoisotopic (exact) mass is 269 g/mol. The first-order valence-corrected chi connectivity index (χ1v) is 5.08. The predicted molar refractivity (Wildman–Crippen MR) is 57.8 cm³/mol. The third-order valence-electron chi connectivity index (χ3n) is 1.99. The van der Waals surface area contributed by atoms with E-state index in [0.29, 0.717) is 5.70 Å². The maximum atomic E-state index is 10.6. The highest BCUT2D eigenvalue weighted by Gasteiger charge is 2.23. The number of rotatable bonds is 2. The average Bonchev–Trinajstić information content (AvgIpc) is 2.66. The van der Waals surface area contributed by atoms with Crippen LogP contribution in [-0.2, 0) is 9.63 Å². The second-order valence-corrected chi connectivity index (χ2v) is 3.99. The van der Waals surface area contributed by atoms with E-state index in [9.17, 15) is 4.79 Å². The Hall–Kier alpha value is -1.33. The van der Waals surface area contributed by atoms with Crippen molar-refractivity contribution >= 4 is 27.6 Å². The molecule has 1 aliphatic rings. The molecule has 1 aliphatic heterocycles. The molecule has 1 unspecified atom stereocenters. The molecular formula is C10H8BrNO3. The van der Waals surface area contributed by atoms with Gasteiger partial charge >= 0.3 is 5.97 Å². The minimum atomic E-state index is -1.01. The van der Waals surface area contributed by atoms with Gasteiger partial charge in [-0.05, 0) is 18.2 Å². The number of carboxylic acid groups (broad SMARTS) is 1. The number of hydrogen-bond donors (Lipinski definition) is 2. The smallest absolute Gasteiger partial charge is 0.339 e. The van der Waals surface area contributed by atoms with Crippen molar-refractivity contribution in [1.29, 1.82) is 0 Å². The fourth-order valence-electron chi connectivity index (χ4n) is 1.28. The lowest BCUT2D eigenvalue weighted by molar-refractivity contribution is -0.148. The van der Waals surface area contributed by atoms with Crippen LogP contribution < -0.4 is 5.48 Å². The third kappa shape index (κ3) is 2.19. The van der Waals surface area contributed by atoms with Crippen LogP contribution in [0.3, 0.4) is 0 Å². The van der Waals surface area contributed by atoms with Crippen LogP contribution >= 0.6 is 15.9 Å². The molecule has 2 rings (SSSR count). The molecule has 0 aromatic heterocycles. The molecule has 1 heterocycles. The zero-order chi connectivity index (χ0) is 10.8. The lowest BCUT2D eigenvalue weighted by Crippen LogP contribution is -2.20. The van der Waals surface area contributed by atoms with Gasteiger partial charge in [0.2, 0.25) is 6.10 Å². The Bertz CT molecular complexity index is 430. The van der Waals surface area contributed by atoms with E-state index < -0.39 is 12.1 Å². The van der Waals surface area contributed by atoms with E-state index in [2.05, 4.69) is 21.4 Å². The summed E-state index contributed by atoms with van der Waals surface area (Å²) in [4.78, 5) is 15.5. The summed E-state index contributed by atoms with van der Waals surface area (Å²) in [7, 11) is 0. The maximum absolute atomic E-state index is 10.6. The van der Waals surface area contributed by atoms with Gasteiger partial charge in [-0.2, -0.15) is 0 Å². The molecule has 0 spiro atoms. The zero-order valence-electron chi connectivity index (χ0n) is 7.61. The molecule has 0 radical (unpaired) electrons. The number of benzene rings is 1. The molecule has 1 aromatic carbocycles. The van der Waals surface area contributed by atoms with Crippen molar-refractivity contribution < 1.29 is 14.7 Å². The summed E-state index contributed by atoms with van der Waals surface area (Å²) in [6, 6.07) is 7.52. The number of carbonyl (C=O) groups is 1. The van der Waals surface area contributed by atoms with Crippen LogP contribution in [0.1, 0.15) is 5.56 Å². The fourth-order valence-corrected chi connectivity index (χ4v) is 1.68. The highest BCUT2D eigenvalue weighted by molar-refractivity contribution is 9.10. The first-order chi connectivity index (χ1) is 7.16. The van der Waals surface area contributed by atoms with Gasteiger partial charge in [-0.3, -0.25) is 10.3 Å². The molecule has 78 valence electrons. The molecule has 0 bridgehead atoms. The molecule has 0 fully saturated rings. The Labute approximate surface area is 94.6 Å². The molecule has 15 heavy (non-hydrogen) atoms. The molecular weight excluding hydrogens is 262 g/mol. The van der Waals surface area contributed by atoms with Crippen molar-refractivity contribution in [3.8, 4) is 0 Å². The third-order valence-corrected chi connectivity index (χ3v) is 2.49. The molecule has 1 atom stereocenters. The van der Waals surface area contributed by atoms with Gasteiger partial charge in [-0.1, -0.05) is 28.1 Å². The van der Waals surface area contributed by atoms with E-state index in [4.69, 9.17) is 9.94 Å². The summed E-state index contributed by atoms with van der Waals surface area (Å²) in [6.45, 7) is 0. The first-order valence-electron chi connectivity index (χ1n) is 4.29. The maximum Gasteiger partial charge on any atom is 0.339 e. The lowest BCUT2D eigenvalue weighted by Gasteiger charge is -2.03. The van der Waals surface area contributed by atoms with Gasteiger partial charge in [-0.15, -0.1) is 0 Å². The number of aliphatic carboxylic acids is 1. The van der Waals surface area contributed by atoms with Crippen LogP contribution in [0.2, 0.25) is 0 Å². The van der Waals surface area contributed by atoms with Crippen LogP contribution in [0.15, 0.2) is 34.8 Å². The van der Waals surface area contributed by atoms with E-state index in [1.54, 1.807) is 0 Å². The van der Waals surface area contributed by atoms with Gasteiger partial charge in [0.05, 0.1) is 5.70 Å². The van der Waals surface area contributed by atoms with Crippen LogP contribution in [0.25, 0.3) is 5.70 Å². The summed E-state index contributed by atoms with van der Waals surface area (Å²) in [6.07, 6.45) is 0.614. The topological polar surface area (TPSA) is 58.6 Å². The van der Waals surface area contributed by atoms with Crippen LogP contribution in [0, 0.1) is 0 Å².